The first kappa shape index (κ1) is 15.6. The molecule has 0 fully saturated rings. The molecule has 2 aromatic rings. The number of rotatable bonds is 5. The van der Waals surface area contributed by atoms with Gasteiger partial charge in [0, 0.05) is 25.2 Å². The number of para-hydroxylation sites is 1. The largest absolute Gasteiger partial charge is 0.496 e. The summed E-state index contributed by atoms with van der Waals surface area (Å²) in [5.41, 5.74) is 0.792. The topological polar surface area (TPSA) is 69.6 Å². The first-order valence-corrected chi connectivity index (χ1v) is 6.71. The molecule has 0 radical (unpaired) electrons. The second kappa shape index (κ2) is 6.80. The molecule has 0 saturated carbocycles. The lowest BCUT2D eigenvalue weighted by Crippen LogP contribution is -2.27. The van der Waals surface area contributed by atoms with Crippen molar-refractivity contribution in [2.24, 2.45) is 7.05 Å². The van der Waals surface area contributed by atoms with Crippen LogP contribution in [0.15, 0.2) is 41.3 Å². The van der Waals surface area contributed by atoms with E-state index in [1.54, 1.807) is 18.7 Å². The van der Waals surface area contributed by atoms with Gasteiger partial charge in [-0.3, -0.25) is 9.59 Å². The molecule has 0 atom stereocenters. The average molecular weight is 302 g/mol. The van der Waals surface area contributed by atoms with Gasteiger partial charge in [-0.1, -0.05) is 18.2 Å². The van der Waals surface area contributed by atoms with E-state index in [-0.39, 0.29) is 22.8 Å². The molecular weight excluding hydrogens is 284 g/mol. The summed E-state index contributed by atoms with van der Waals surface area (Å²) in [5, 5.41) is 2.78. The minimum absolute atomic E-state index is 0.198. The number of ether oxygens (including phenoxy) is 2. The Labute approximate surface area is 128 Å². The normalized spacial score (nSPS) is 10.1. The van der Waals surface area contributed by atoms with E-state index in [0.717, 1.165) is 5.56 Å². The number of hydrogen-bond acceptors (Lipinski definition) is 4. The van der Waals surface area contributed by atoms with Crippen LogP contribution in [0.2, 0.25) is 0 Å². The zero-order valence-electron chi connectivity index (χ0n) is 12.8. The molecular formula is C16H18N2O4. The maximum Gasteiger partial charge on any atom is 0.268 e. The van der Waals surface area contributed by atoms with Gasteiger partial charge in [-0.25, -0.2) is 0 Å². The van der Waals surface area contributed by atoms with E-state index < -0.39 is 0 Å². The van der Waals surface area contributed by atoms with Gasteiger partial charge >= 0.3 is 0 Å². The number of methoxy groups -OCH3 is 2. The van der Waals surface area contributed by atoms with Crippen molar-refractivity contribution in [1.29, 1.82) is 0 Å². The van der Waals surface area contributed by atoms with E-state index in [0.29, 0.717) is 12.3 Å². The highest BCUT2D eigenvalue weighted by Gasteiger charge is 2.12. The highest BCUT2D eigenvalue weighted by atomic mass is 16.5. The van der Waals surface area contributed by atoms with Crippen LogP contribution in [0.5, 0.6) is 11.5 Å². The molecule has 0 unspecified atom stereocenters. The number of amides is 1. The molecule has 6 nitrogen and oxygen atoms in total. The molecule has 1 amide bonds. The smallest absolute Gasteiger partial charge is 0.268 e. The minimum atomic E-state index is -0.340. The lowest BCUT2D eigenvalue weighted by atomic mass is 10.2. The zero-order chi connectivity index (χ0) is 16.1. The first-order valence-electron chi connectivity index (χ1n) is 6.71. The fraction of sp³-hybridized carbons (Fsp3) is 0.250. The van der Waals surface area contributed by atoms with E-state index in [9.17, 15) is 9.59 Å². The molecule has 22 heavy (non-hydrogen) atoms. The summed E-state index contributed by atoms with van der Waals surface area (Å²) in [4.78, 5) is 24.0. The summed E-state index contributed by atoms with van der Waals surface area (Å²) in [5.74, 6) is 0.559. The second-order valence-corrected chi connectivity index (χ2v) is 4.70. The highest BCUT2D eigenvalue weighted by molar-refractivity contribution is 5.92. The van der Waals surface area contributed by atoms with E-state index in [2.05, 4.69) is 5.32 Å². The predicted octanol–water partition coefficient (Wildman–Crippen LogP) is 1.33. The van der Waals surface area contributed by atoms with Gasteiger partial charge in [0.2, 0.25) is 5.43 Å². The molecule has 0 aliphatic heterocycles. The van der Waals surface area contributed by atoms with Crippen molar-refractivity contribution in [3.8, 4) is 11.5 Å². The molecule has 1 heterocycles. The van der Waals surface area contributed by atoms with Gasteiger partial charge in [-0.2, -0.15) is 0 Å². The second-order valence-electron chi connectivity index (χ2n) is 4.70. The van der Waals surface area contributed by atoms with E-state index in [1.165, 1.54) is 19.4 Å². The molecule has 1 N–H and O–H groups in total. The SMILES string of the molecule is COc1ccccc1CNC(=O)c1cc(=O)c(OC)cn1C. The van der Waals surface area contributed by atoms with Crippen molar-refractivity contribution in [2.75, 3.05) is 14.2 Å². The van der Waals surface area contributed by atoms with Crippen molar-refractivity contribution in [3.05, 3.63) is 58.0 Å². The van der Waals surface area contributed by atoms with Gasteiger partial charge in [-0.05, 0) is 6.07 Å². The van der Waals surface area contributed by atoms with Gasteiger partial charge in [0.15, 0.2) is 5.75 Å². The van der Waals surface area contributed by atoms with Crippen LogP contribution in [0, 0.1) is 0 Å². The number of hydrogen-bond donors (Lipinski definition) is 1. The Kier molecular flexibility index (Phi) is 4.83. The summed E-state index contributed by atoms with van der Waals surface area (Å²) in [6.07, 6.45) is 1.49. The standard InChI is InChI=1S/C16H18N2O4/c1-18-10-15(22-3)13(19)8-12(18)16(20)17-9-11-6-4-5-7-14(11)21-2/h4-8,10H,9H2,1-3H3,(H,17,20). The van der Waals surface area contributed by atoms with Gasteiger partial charge in [-0.15, -0.1) is 0 Å². The summed E-state index contributed by atoms with van der Waals surface area (Å²) in [6.45, 7) is 0.309. The molecule has 0 aliphatic rings. The molecule has 0 spiro atoms. The van der Waals surface area contributed by atoms with Crippen LogP contribution in [-0.2, 0) is 13.6 Å². The Morgan fingerprint density at radius 1 is 1.18 bits per heavy atom. The third kappa shape index (κ3) is 3.28. The fourth-order valence-corrected chi connectivity index (χ4v) is 2.10. The molecule has 116 valence electrons. The van der Waals surface area contributed by atoms with Crippen LogP contribution >= 0.6 is 0 Å². The highest BCUT2D eigenvalue weighted by Crippen LogP contribution is 2.16. The zero-order valence-corrected chi connectivity index (χ0v) is 12.8. The Morgan fingerprint density at radius 3 is 2.55 bits per heavy atom. The third-order valence-corrected chi connectivity index (χ3v) is 3.29. The van der Waals surface area contributed by atoms with Crippen molar-refractivity contribution >= 4 is 5.91 Å². The number of aromatic nitrogens is 1. The van der Waals surface area contributed by atoms with Crippen molar-refractivity contribution in [1.82, 2.24) is 9.88 Å². The summed E-state index contributed by atoms with van der Waals surface area (Å²) in [6, 6.07) is 8.68. The minimum Gasteiger partial charge on any atom is -0.496 e. The van der Waals surface area contributed by atoms with E-state index >= 15 is 0 Å². The number of carbonyl (C=O) groups is 1. The Morgan fingerprint density at radius 2 is 1.86 bits per heavy atom. The van der Waals surface area contributed by atoms with Crippen LogP contribution in [-0.4, -0.2) is 24.7 Å². The molecule has 1 aromatic heterocycles. The number of carbonyl (C=O) groups excluding carboxylic acids is 1. The Bertz CT molecular complexity index is 737. The first-order chi connectivity index (χ1) is 10.6. The Hall–Kier alpha value is -2.76. The summed E-state index contributed by atoms with van der Waals surface area (Å²) in [7, 11) is 4.67. The quantitative estimate of drug-likeness (QED) is 0.904. The fourth-order valence-electron chi connectivity index (χ4n) is 2.10. The van der Waals surface area contributed by atoms with Crippen LogP contribution in [0.25, 0.3) is 0 Å². The maximum atomic E-state index is 12.2. The van der Waals surface area contributed by atoms with Crippen LogP contribution in [0.4, 0.5) is 0 Å². The monoisotopic (exact) mass is 302 g/mol. The van der Waals surface area contributed by atoms with E-state index in [4.69, 9.17) is 9.47 Å². The van der Waals surface area contributed by atoms with Crippen LogP contribution < -0.4 is 20.2 Å². The molecule has 2 rings (SSSR count). The predicted molar refractivity (Wildman–Crippen MR) is 82.4 cm³/mol. The lowest BCUT2D eigenvalue weighted by molar-refractivity contribution is 0.0941. The molecule has 1 aromatic carbocycles. The number of benzene rings is 1. The number of pyridine rings is 1. The maximum absolute atomic E-state index is 12.2. The van der Waals surface area contributed by atoms with Gasteiger partial charge in [0.05, 0.1) is 20.4 Å². The third-order valence-electron chi connectivity index (χ3n) is 3.29. The molecule has 0 aliphatic carbocycles. The van der Waals surface area contributed by atoms with Crippen LogP contribution in [0.3, 0.4) is 0 Å². The lowest BCUT2D eigenvalue weighted by Gasteiger charge is -2.12. The van der Waals surface area contributed by atoms with Crippen LogP contribution in [0.1, 0.15) is 16.1 Å². The van der Waals surface area contributed by atoms with E-state index in [1.807, 2.05) is 24.3 Å². The number of nitrogens with one attached hydrogen (secondary N) is 1. The van der Waals surface area contributed by atoms with Gasteiger partial charge in [0.1, 0.15) is 11.4 Å². The van der Waals surface area contributed by atoms with Crippen molar-refractivity contribution in [3.63, 3.8) is 0 Å². The molecule has 0 bridgehead atoms. The Balaban J connectivity index is 2.16. The molecule has 0 saturated heterocycles. The van der Waals surface area contributed by atoms with Crippen molar-refractivity contribution < 1.29 is 14.3 Å². The average Bonchev–Trinajstić information content (AvgIpc) is 2.54. The van der Waals surface area contributed by atoms with Gasteiger partial charge in [0.25, 0.3) is 5.91 Å². The molecule has 6 heteroatoms. The van der Waals surface area contributed by atoms with Crippen molar-refractivity contribution in [2.45, 2.75) is 6.54 Å². The number of nitrogens with zero attached hydrogens (tertiary/aromatic N) is 1. The summed E-state index contributed by atoms with van der Waals surface area (Å²) >= 11 is 0. The number of aryl methyl sites for hydroxylation is 1. The summed E-state index contributed by atoms with van der Waals surface area (Å²) < 4.78 is 11.7. The van der Waals surface area contributed by atoms with Gasteiger partial charge < -0.3 is 19.4 Å².